The van der Waals surface area contributed by atoms with Gasteiger partial charge in [-0.2, -0.15) is 4.31 Å². The molecule has 6 heteroatoms. The summed E-state index contributed by atoms with van der Waals surface area (Å²) in [6.07, 6.45) is 1.92. The Morgan fingerprint density at radius 1 is 1.50 bits per heavy atom. The number of anilines is 1. The van der Waals surface area contributed by atoms with Gasteiger partial charge in [-0.15, -0.1) is 0 Å². The molecule has 1 unspecified atom stereocenters. The van der Waals surface area contributed by atoms with Crippen molar-refractivity contribution >= 4 is 27.3 Å². The highest BCUT2D eigenvalue weighted by molar-refractivity contribution is 7.89. The van der Waals surface area contributed by atoms with Crippen LogP contribution in [0.2, 0.25) is 5.02 Å². The largest absolute Gasteiger partial charge is 0.399 e. The average Bonchev–Trinajstić information content (AvgIpc) is 2.77. The Morgan fingerprint density at radius 3 is 2.78 bits per heavy atom. The second kappa shape index (κ2) is 5.07. The van der Waals surface area contributed by atoms with Crippen LogP contribution < -0.4 is 5.73 Å². The van der Waals surface area contributed by atoms with E-state index in [4.69, 9.17) is 17.3 Å². The van der Waals surface area contributed by atoms with Crippen LogP contribution in [0, 0.1) is 5.92 Å². The monoisotopic (exact) mass is 288 g/mol. The van der Waals surface area contributed by atoms with E-state index >= 15 is 0 Å². The first-order chi connectivity index (χ1) is 8.45. The summed E-state index contributed by atoms with van der Waals surface area (Å²) in [7, 11) is -3.48. The van der Waals surface area contributed by atoms with Crippen molar-refractivity contribution < 1.29 is 8.42 Å². The van der Waals surface area contributed by atoms with E-state index in [1.54, 1.807) is 6.07 Å². The van der Waals surface area contributed by atoms with Crippen molar-refractivity contribution in [2.45, 2.75) is 24.7 Å². The predicted molar refractivity (Wildman–Crippen MR) is 73.0 cm³/mol. The number of nitrogen functional groups attached to an aromatic ring is 1. The normalized spacial score (nSPS) is 21.3. The molecular formula is C12H17ClN2O2S. The number of hydrogen-bond acceptors (Lipinski definition) is 3. The molecule has 0 bridgehead atoms. The zero-order valence-corrected chi connectivity index (χ0v) is 11.8. The van der Waals surface area contributed by atoms with E-state index in [2.05, 4.69) is 6.92 Å². The van der Waals surface area contributed by atoms with Crippen LogP contribution in [0.4, 0.5) is 5.69 Å². The van der Waals surface area contributed by atoms with Crippen LogP contribution in [0.15, 0.2) is 23.1 Å². The molecule has 2 N–H and O–H groups in total. The van der Waals surface area contributed by atoms with Crippen LogP contribution in [-0.4, -0.2) is 25.8 Å². The second-order valence-electron chi connectivity index (χ2n) is 4.62. The number of rotatable bonds is 3. The molecule has 2 rings (SSSR count). The third-order valence-corrected chi connectivity index (χ3v) is 5.75. The third-order valence-electron chi connectivity index (χ3n) is 3.40. The quantitative estimate of drug-likeness (QED) is 0.868. The molecule has 1 aromatic rings. The molecular weight excluding hydrogens is 272 g/mol. The summed E-state index contributed by atoms with van der Waals surface area (Å²) in [6, 6.07) is 4.51. The van der Waals surface area contributed by atoms with Crippen LogP contribution in [0.5, 0.6) is 0 Å². The van der Waals surface area contributed by atoms with Gasteiger partial charge in [0.15, 0.2) is 0 Å². The topological polar surface area (TPSA) is 63.4 Å². The molecule has 1 aliphatic heterocycles. The molecule has 1 heterocycles. The van der Waals surface area contributed by atoms with Crippen molar-refractivity contribution in [3.8, 4) is 0 Å². The lowest BCUT2D eigenvalue weighted by molar-refractivity contribution is 0.453. The Bertz CT molecular complexity index is 545. The average molecular weight is 289 g/mol. The van der Waals surface area contributed by atoms with Gasteiger partial charge in [0.1, 0.15) is 4.90 Å². The lowest BCUT2D eigenvalue weighted by Gasteiger charge is -2.17. The minimum absolute atomic E-state index is 0.148. The van der Waals surface area contributed by atoms with Crippen LogP contribution >= 0.6 is 11.6 Å². The van der Waals surface area contributed by atoms with E-state index in [9.17, 15) is 8.42 Å². The predicted octanol–water partition coefficient (Wildman–Crippen LogP) is 2.34. The number of sulfonamides is 1. The number of halogens is 1. The number of nitrogens with zero attached hydrogens (tertiary/aromatic N) is 1. The van der Waals surface area contributed by atoms with E-state index in [-0.39, 0.29) is 9.92 Å². The summed E-state index contributed by atoms with van der Waals surface area (Å²) < 4.78 is 26.4. The molecule has 0 aliphatic carbocycles. The first kappa shape index (κ1) is 13.6. The van der Waals surface area contributed by atoms with E-state index in [1.807, 2.05) is 0 Å². The summed E-state index contributed by atoms with van der Waals surface area (Å²) in [6.45, 7) is 3.23. The van der Waals surface area contributed by atoms with Crippen LogP contribution in [-0.2, 0) is 10.0 Å². The fourth-order valence-corrected chi connectivity index (χ4v) is 4.27. The van der Waals surface area contributed by atoms with Gasteiger partial charge < -0.3 is 5.73 Å². The van der Waals surface area contributed by atoms with Gasteiger partial charge in [0.25, 0.3) is 0 Å². The van der Waals surface area contributed by atoms with E-state index < -0.39 is 10.0 Å². The van der Waals surface area contributed by atoms with Crippen molar-refractivity contribution in [2.75, 3.05) is 18.8 Å². The summed E-state index contributed by atoms with van der Waals surface area (Å²) in [4.78, 5) is 0.148. The van der Waals surface area contributed by atoms with Gasteiger partial charge in [0.2, 0.25) is 10.0 Å². The first-order valence-electron chi connectivity index (χ1n) is 6.00. The van der Waals surface area contributed by atoms with Gasteiger partial charge in [-0.3, -0.25) is 0 Å². The fourth-order valence-electron chi connectivity index (χ4n) is 2.21. The number of benzene rings is 1. The van der Waals surface area contributed by atoms with Gasteiger partial charge in [-0.25, -0.2) is 8.42 Å². The highest BCUT2D eigenvalue weighted by Gasteiger charge is 2.32. The molecule has 100 valence electrons. The molecule has 0 saturated carbocycles. The first-order valence-corrected chi connectivity index (χ1v) is 7.82. The molecule has 1 fully saturated rings. The maximum Gasteiger partial charge on any atom is 0.244 e. The summed E-state index contributed by atoms with van der Waals surface area (Å²) in [5, 5.41) is 0.190. The van der Waals surface area contributed by atoms with Crippen LogP contribution in [0.1, 0.15) is 19.8 Å². The Balaban J connectivity index is 2.31. The molecule has 1 aromatic carbocycles. The van der Waals surface area contributed by atoms with Crippen molar-refractivity contribution in [1.82, 2.24) is 4.31 Å². The minimum atomic E-state index is -3.48. The Labute approximate surface area is 113 Å². The van der Waals surface area contributed by atoms with Crippen LogP contribution in [0.25, 0.3) is 0 Å². The molecule has 0 aromatic heterocycles. The standard InChI is InChI=1S/C12H17ClN2O2S/c1-2-9-5-6-15(8-9)18(16,17)12-4-3-10(14)7-11(12)13/h3-4,7,9H,2,5-6,8,14H2,1H3. The van der Waals surface area contributed by atoms with Gasteiger partial charge in [0, 0.05) is 18.8 Å². The molecule has 18 heavy (non-hydrogen) atoms. The van der Waals surface area contributed by atoms with Crippen molar-refractivity contribution in [3.63, 3.8) is 0 Å². The zero-order valence-electron chi connectivity index (χ0n) is 10.3. The van der Waals surface area contributed by atoms with Gasteiger partial charge in [-0.05, 0) is 30.5 Å². The molecule has 0 radical (unpaired) electrons. The second-order valence-corrected chi connectivity index (χ2v) is 6.93. The fraction of sp³-hybridized carbons (Fsp3) is 0.500. The SMILES string of the molecule is CCC1CCN(S(=O)(=O)c2ccc(N)cc2Cl)C1. The van der Waals surface area contributed by atoms with E-state index in [0.717, 1.165) is 12.8 Å². The highest BCUT2D eigenvalue weighted by Crippen LogP contribution is 2.30. The van der Waals surface area contributed by atoms with Gasteiger partial charge in [0.05, 0.1) is 5.02 Å². The molecule has 1 saturated heterocycles. The molecule has 0 amide bonds. The van der Waals surface area contributed by atoms with Gasteiger partial charge in [-0.1, -0.05) is 24.9 Å². The lowest BCUT2D eigenvalue weighted by Crippen LogP contribution is -2.29. The van der Waals surface area contributed by atoms with Crippen molar-refractivity contribution in [3.05, 3.63) is 23.2 Å². The Kier molecular flexibility index (Phi) is 3.84. The smallest absolute Gasteiger partial charge is 0.244 e. The molecule has 4 nitrogen and oxygen atoms in total. The summed E-state index contributed by atoms with van der Waals surface area (Å²) in [5.74, 6) is 0.451. The minimum Gasteiger partial charge on any atom is -0.399 e. The van der Waals surface area contributed by atoms with E-state index in [1.165, 1.54) is 16.4 Å². The molecule has 1 atom stereocenters. The molecule has 1 aliphatic rings. The number of hydrogen-bond donors (Lipinski definition) is 1. The Morgan fingerprint density at radius 2 is 2.22 bits per heavy atom. The maximum atomic E-state index is 12.4. The lowest BCUT2D eigenvalue weighted by atomic mass is 10.1. The van der Waals surface area contributed by atoms with Crippen molar-refractivity contribution in [2.24, 2.45) is 5.92 Å². The number of nitrogens with two attached hydrogens (primary N) is 1. The summed E-state index contributed by atoms with van der Waals surface area (Å²) in [5.41, 5.74) is 6.04. The highest BCUT2D eigenvalue weighted by atomic mass is 35.5. The maximum absolute atomic E-state index is 12.4. The van der Waals surface area contributed by atoms with Crippen LogP contribution in [0.3, 0.4) is 0 Å². The van der Waals surface area contributed by atoms with E-state index in [0.29, 0.717) is 24.7 Å². The Hall–Kier alpha value is -0.780. The molecule has 0 spiro atoms. The van der Waals surface area contributed by atoms with Gasteiger partial charge >= 0.3 is 0 Å². The third kappa shape index (κ3) is 2.48. The zero-order chi connectivity index (χ0) is 13.3. The van der Waals surface area contributed by atoms with Crippen molar-refractivity contribution in [1.29, 1.82) is 0 Å². The summed E-state index contributed by atoms with van der Waals surface area (Å²) >= 11 is 5.98.